The zero-order valence-electron chi connectivity index (χ0n) is 26.5. The summed E-state index contributed by atoms with van der Waals surface area (Å²) in [6.45, 7) is 0. The van der Waals surface area contributed by atoms with Gasteiger partial charge in [0.25, 0.3) is 0 Å². The van der Waals surface area contributed by atoms with Gasteiger partial charge in [0.05, 0.1) is 5.69 Å². The molecule has 0 aliphatic rings. The zero-order valence-corrected chi connectivity index (χ0v) is 27.3. The van der Waals surface area contributed by atoms with E-state index >= 15 is 0 Å². The predicted octanol–water partition coefficient (Wildman–Crippen LogP) is 13.9. The molecule has 0 aliphatic carbocycles. The number of rotatable bonds is 5. The van der Waals surface area contributed by atoms with Crippen molar-refractivity contribution >= 4 is 81.3 Å². The fraction of sp³-hybridized carbons (Fsp3) is 0. The van der Waals surface area contributed by atoms with E-state index in [1.807, 2.05) is 11.3 Å². The molecule has 0 bridgehead atoms. The van der Waals surface area contributed by atoms with Crippen molar-refractivity contribution in [1.82, 2.24) is 0 Å². The van der Waals surface area contributed by atoms with Crippen LogP contribution < -0.4 is 4.90 Å². The molecule has 0 radical (unpaired) electrons. The Kier molecular flexibility index (Phi) is 6.39. The highest BCUT2D eigenvalue weighted by atomic mass is 32.1. The van der Waals surface area contributed by atoms with Gasteiger partial charge in [-0.2, -0.15) is 0 Å². The summed E-state index contributed by atoms with van der Waals surface area (Å²) in [5.74, 6) is 0. The fourth-order valence-corrected chi connectivity index (χ4v) is 8.65. The minimum absolute atomic E-state index is 0.870. The van der Waals surface area contributed by atoms with Gasteiger partial charge in [-0.1, -0.05) is 133 Å². The minimum Gasteiger partial charge on any atom is -0.453 e. The van der Waals surface area contributed by atoms with E-state index in [2.05, 4.69) is 181 Å². The first-order chi connectivity index (χ1) is 24.3. The number of benzene rings is 8. The number of hydrogen-bond donors (Lipinski definition) is 0. The number of nitrogens with zero attached hydrogens (tertiary/aromatic N) is 1. The summed E-state index contributed by atoms with van der Waals surface area (Å²) in [6.07, 6.45) is 0. The third-order valence-electron chi connectivity index (χ3n) is 9.65. The maximum absolute atomic E-state index is 7.07. The number of fused-ring (bicyclic) bond motifs is 7. The second-order valence-corrected chi connectivity index (χ2v) is 13.5. The van der Waals surface area contributed by atoms with Gasteiger partial charge in [-0.05, 0) is 69.9 Å². The third-order valence-corrected chi connectivity index (χ3v) is 10.9. The lowest BCUT2D eigenvalue weighted by molar-refractivity contribution is 0.670. The summed E-state index contributed by atoms with van der Waals surface area (Å²) in [5.41, 5.74) is 9.68. The van der Waals surface area contributed by atoms with Crippen LogP contribution >= 0.6 is 11.3 Å². The molecule has 8 aromatic carbocycles. The predicted molar refractivity (Wildman–Crippen MR) is 210 cm³/mol. The molecule has 0 atom stereocenters. The Labute approximate surface area is 287 Å². The summed E-state index contributed by atoms with van der Waals surface area (Å²) >= 11 is 1.87. The van der Waals surface area contributed by atoms with E-state index in [0.29, 0.717) is 0 Å². The lowest BCUT2D eigenvalue weighted by Crippen LogP contribution is -2.09. The van der Waals surface area contributed by atoms with Crippen LogP contribution in [0.3, 0.4) is 0 Å². The van der Waals surface area contributed by atoms with Crippen molar-refractivity contribution in [2.24, 2.45) is 0 Å². The van der Waals surface area contributed by atoms with Gasteiger partial charge in [-0.15, -0.1) is 11.3 Å². The fourth-order valence-electron chi connectivity index (χ4n) is 7.42. The van der Waals surface area contributed by atoms with Crippen molar-refractivity contribution < 1.29 is 4.42 Å². The molecule has 3 heteroatoms. The van der Waals surface area contributed by atoms with Gasteiger partial charge in [0.2, 0.25) is 0 Å². The van der Waals surface area contributed by atoms with Crippen molar-refractivity contribution in [3.63, 3.8) is 0 Å². The van der Waals surface area contributed by atoms with Crippen LogP contribution in [0.4, 0.5) is 17.1 Å². The Morgan fingerprint density at radius 3 is 1.82 bits per heavy atom. The standard InChI is InChI=1S/C46H29NOS/c1-3-14-33(15-4-1)47(34-16-5-2-6-17-34)41-23-12-21-38-40-29-32-13-7-8-18-35(32)43(45(40)48-44(38)41)31-27-25-30(26-28-31)36-20-11-22-39-37-19-9-10-24-42(37)49-46(36)39/h1-29H. The summed E-state index contributed by atoms with van der Waals surface area (Å²) in [6, 6.07) is 62.9. The summed E-state index contributed by atoms with van der Waals surface area (Å²) < 4.78 is 9.72. The van der Waals surface area contributed by atoms with Gasteiger partial charge in [-0.3, -0.25) is 0 Å². The summed E-state index contributed by atoms with van der Waals surface area (Å²) in [5, 5.41) is 7.23. The van der Waals surface area contributed by atoms with E-state index in [0.717, 1.165) is 50.1 Å². The Hall–Kier alpha value is -6.16. The highest BCUT2D eigenvalue weighted by Gasteiger charge is 2.22. The molecule has 0 unspecified atom stereocenters. The van der Waals surface area contributed by atoms with E-state index in [9.17, 15) is 0 Å². The molecule has 0 N–H and O–H groups in total. The maximum Gasteiger partial charge on any atom is 0.159 e. The normalized spacial score (nSPS) is 11.7. The van der Waals surface area contributed by atoms with Gasteiger partial charge in [0, 0.05) is 47.9 Å². The lowest BCUT2D eigenvalue weighted by atomic mass is 9.93. The quantitative estimate of drug-likeness (QED) is 0.186. The Morgan fingerprint density at radius 2 is 1.04 bits per heavy atom. The summed E-state index contributed by atoms with van der Waals surface area (Å²) in [7, 11) is 0. The second-order valence-electron chi connectivity index (χ2n) is 12.5. The number of para-hydroxylation sites is 3. The van der Waals surface area contributed by atoms with E-state index in [1.165, 1.54) is 42.1 Å². The van der Waals surface area contributed by atoms with Gasteiger partial charge < -0.3 is 9.32 Å². The number of thiophene rings is 1. The van der Waals surface area contributed by atoms with Crippen LogP contribution in [0, 0.1) is 0 Å². The largest absolute Gasteiger partial charge is 0.453 e. The van der Waals surface area contributed by atoms with Crippen LogP contribution in [-0.2, 0) is 0 Å². The van der Waals surface area contributed by atoms with Crippen LogP contribution in [0.1, 0.15) is 0 Å². The second kappa shape index (κ2) is 11.2. The summed E-state index contributed by atoms with van der Waals surface area (Å²) in [4.78, 5) is 2.29. The maximum atomic E-state index is 7.07. The van der Waals surface area contributed by atoms with Crippen LogP contribution in [0.15, 0.2) is 180 Å². The van der Waals surface area contributed by atoms with E-state index in [-0.39, 0.29) is 0 Å². The first kappa shape index (κ1) is 27.9. The molecule has 0 spiro atoms. The van der Waals surface area contributed by atoms with Crippen molar-refractivity contribution in [2.75, 3.05) is 4.90 Å². The van der Waals surface area contributed by atoms with Crippen molar-refractivity contribution in [3.8, 4) is 22.3 Å². The molecule has 0 saturated carbocycles. The molecule has 10 rings (SSSR count). The smallest absolute Gasteiger partial charge is 0.159 e. The van der Waals surface area contributed by atoms with Crippen LogP contribution in [-0.4, -0.2) is 0 Å². The lowest BCUT2D eigenvalue weighted by Gasteiger charge is -2.25. The molecule has 0 fully saturated rings. The van der Waals surface area contributed by atoms with Crippen LogP contribution in [0.25, 0.3) is 75.1 Å². The molecule has 0 aliphatic heterocycles. The third kappa shape index (κ3) is 4.47. The Bertz CT molecular complexity index is 2770. The van der Waals surface area contributed by atoms with E-state index < -0.39 is 0 Å². The molecular formula is C46H29NOS. The van der Waals surface area contributed by atoms with Gasteiger partial charge in [0.1, 0.15) is 5.58 Å². The van der Waals surface area contributed by atoms with E-state index in [4.69, 9.17) is 4.42 Å². The number of hydrogen-bond acceptors (Lipinski definition) is 3. The first-order valence-electron chi connectivity index (χ1n) is 16.6. The molecule has 2 aromatic heterocycles. The molecule has 230 valence electrons. The Morgan fingerprint density at radius 1 is 0.429 bits per heavy atom. The molecule has 2 heterocycles. The molecule has 0 saturated heterocycles. The van der Waals surface area contributed by atoms with Crippen molar-refractivity contribution in [3.05, 3.63) is 176 Å². The monoisotopic (exact) mass is 643 g/mol. The average Bonchev–Trinajstić information content (AvgIpc) is 3.74. The zero-order chi connectivity index (χ0) is 32.3. The molecule has 10 aromatic rings. The van der Waals surface area contributed by atoms with E-state index in [1.54, 1.807) is 0 Å². The van der Waals surface area contributed by atoms with Crippen LogP contribution in [0.2, 0.25) is 0 Å². The first-order valence-corrected chi connectivity index (χ1v) is 17.4. The van der Waals surface area contributed by atoms with Gasteiger partial charge >= 0.3 is 0 Å². The molecular weight excluding hydrogens is 615 g/mol. The topological polar surface area (TPSA) is 16.4 Å². The van der Waals surface area contributed by atoms with Gasteiger partial charge in [0.15, 0.2) is 5.58 Å². The number of furan rings is 1. The highest BCUT2D eigenvalue weighted by molar-refractivity contribution is 7.26. The highest BCUT2D eigenvalue weighted by Crippen LogP contribution is 2.47. The molecule has 49 heavy (non-hydrogen) atoms. The SMILES string of the molecule is c1ccc(N(c2ccccc2)c2cccc3c2oc2c(-c4ccc(-c5cccc6c5sc5ccccc56)cc4)c4ccccc4cc23)cc1. The van der Waals surface area contributed by atoms with Crippen molar-refractivity contribution in [1.29, 1.82) is 0 Å². The minimum atomic E-state index is 0.870. The van der Waals surface area contributed by atoms with Crippen molar-refractivity contribution in [2.45, 2.75) is 0 Å². The molecule has 2 nitrogen and oxygen atoms in total. The Balaban J connectivity index is 1.18. The average molecular weight is 644 g/mol. The van der Waals surface area contributed by atoms with Gasteiger partial charge in [-0.25, -0.2) is 0 Å². The molecule has 0 amide bonds. The number of anilines is 3. The van der Waals surface area contributed by atoms with Crippen LogP contribution in [0.5, 0.6) is 0 Å².